The van der Waals surface area contributed by atoms with E-state index in [2.05, 4.69) is 27.1 Å². The zero-order valence-corrected chi connectivity index (χ0v) is 15.3. The zero-order chi connectivity index (χ0) is 19.8. The lowest BCUT2D eigenvalue weighted by Gasteiger charge is -2.13. The highest BCUT2D eigenvalue weighted by molar-refractivity contribution is 5.96. The molecule has 6 heteroatoms. The van der Waals surface area contributed by atoms with Crippen LogP contribution in [-0.4, -0.2) is 27.6 Å². The number of rotatable bonds is 5. The average Bonchev–Trinajstić information content (AvgIpc) is 2.73. The molecule has 0 radical (unpaired) electrons. The Morgan fingerprint density at radius 3 is 2.79 bits per heavy atom. The number of carbonyl (C=O) groups excluding carboxylic acids is 1. The van der Waals surface area contributed by atoms with E-state index in [1.54, 1.807) is 48.9 Å². The van der Waals surface area contributed by atoms with Crippen molar-refractivity contribution in [3.8, 4) is 23.3 Å². The molecule has 0 unspecified atom stereocenters. The molecule has 0 aliphatic heterocycles. The summed E-state index contributed by atoms with van der Waals surface area (Å²) in [6, 6.07) is 12.4. The lowest BCUT2D eigenvalue weighted by Crippen LogP contribution is -2.23. The van der Waals surface area contributed by atoms with Gasteiger partial charge in [0.05, 0.1) is 0 Å². The van der Waals surface area contributed by atoms with Crippen molar-refractivity contribution in [3.63, 3.8) is 0 Å². The first-order valence-corrected chi connectivity index (χ1v) is 8.67. The molecule has 2 N–H and O–H groups in total. The fraction of sp³-hybridized carbons (Fsp3) is 0.136. The maximum Gasteiger partial charge on any atom is 0.251 e. The summed E-state index contributed by atoms with van der Waals surface area (Å²) >= 11 is 0. The summed E-state index contributed by atoms with van der Waals surface area (Å²) < 4.78 is 5.92. The summed E-state index contributed by atoms with van der Waals surface area (Å²) in [5.41, 5.74) is 2.74. The van der Waals surface area contributed by atoms with Crippen molar-refractivity contribution in [2.24, 2.45) is 0 Å². The fourth-order valence-electron chi connectivity index (χ4n) is 2.55. The van der Waals surface area contributed by atoms with Gasteiger partial charge in [-0.05, 0) is 48.7 Å². The smallest absolute Gasteiger partial charge is 0.251 e. The molecule has 2 heterocycles. The molecule has 0 saturated carbocycles. The van der Waals surface area contributed by atoms with E-state index in [0.717, 1.165) is 11.1 Å². The van der Waals surface area contributed by atoms with Crippen LogP contribution >= 0.6 is 0 Å². The van der Waals surface area contributed by atoms with Crippen LogP contribution in [0, 0.1) is 18.8 Å². The Kier molecular flexibility index (Phi) is 6.34. The van der Waals surface area contributed by atoms with Gasteiger partial charge in [-0.15, -0.1) is 0 Å². The van der Waals surface area contributed by atoms with Crippen LogP contribution in [0.4, 0.5) is 0 Å². The Balaban J connectivity index is 1.74. The molecule has 1 aromatic carbocycles. The van der Waals surface area contributed by atoms with Gasteiger partial charge in [0.15, 0.2) is 0 Å². The van der Waals surface area contributed by atoms with E-state index < -0.39 is 0 Å². The van der Waals surface area contributed by atoms with Gasteiger partial charge in [-0.25, -0.2) is 4.98 Å². The second-order valence-corrected chi connectivity index (χ2v) is 5.91. The van der Waals surface area contributed by atoms with Crippen LogP contribution in [0.15, 0.2) is 61.1 Å². The fourth-order valence-corrected chi connectivity index (χ4v) is 2.55. The van der Waals surface area contributed by atoms with Gasteiger partial charge in [-0.1, -0.05) is 12.0 Å². The molecular formula is C22H19N3O3. The van der Waals surface area contributed by atoms with Gasteiger partial charge < -0.3 is 15.2 Å². The van der Waals surface area contributed by atoms with Crippen LogP contribution in [0.3, 0.4) is 0 Å². The predicted octanol–water partition coefficient (Wildman–Crippen LogP) is 2.85. The van der Waals surface area contributed by atoms with Crippen molar-refractivity contribution in [1.82, 2.24) is 15.3 Å². The van der Waals surface area contributed by atoms with Gasteiger partial charge in [0.2, 0.25) is 0 Å². The van der Waals surface area contributed by atoms with Crippen molar-refractivity contribution < 1.29 is 14.6 Å². The number of hydrogen-bond donors (Lipinski definition) is 2. The highest BCUT2D eigenvalue weighted by atomic mass is 16.5. The number of hydrogen-bond acceptors (Lipinski definition) is 5. The highest BCUT2D eigenvalue weighted by Gasteiger charge is 2.13. The van der Waals surface area contributed by atoms with E-state index in [0.29, 0.717) is 29.3 Å². The van der Waals surface area contributed by atoms with Gasteiger partial charge in [0.25, 0.3) is 5.91 Å². The molecule has 6 nitrogen and oxygen atoms in total. The molecule has 3 rings (SSSR count). The largest absolute Gasteiger partial charge is 0.457 e. The number of pyridine rings is 2. The number of carbonyl (C=O) groups is 1. The van der Waals surface area contributed by atoms with E-state index in [1.165, 1.54) is 0 Å². The summed E-state index contributed by atoms with van der Waals surface area (Å²) in [6.07, 6.45) is 4.96. The summed E-state index contributed by atoms with van der Waals surface area (Å²) in [6.45, 7) is 2.02. The first-order chi connectivity index (χ1) is 13.7. The summed E-state index contributed by atoms with van der Waals surface area (Å²) in [5.74, 6) is 6.23. The van der Waals surface area contributed by atoms with Crippen molar-refractivity contribution >= 4 is 5.91 Å². The molecule has 0 spiro atoms. The minimum absolute atomic E-state index is 0.177. The molecule has 0 aliphatic carbocycles. The Bertz CT molecular complexity index is 1020. The van der Waals surface area contributed by atoms with E-state index in [9.17, 15) is 4.79 Å². The van der Waals surface area contributed by atoms with E-state index in [-0.39, 0.29) is 12.5 Å². The summed E-state index contributed by atoms with van der Waals surface area (Å²) in [4.78, 5) is 20.7. The molecule has 28 heavy (non-hydrogen) atoms. The van der Waals surface area contributed by atoms with Crippen molar-refractivity contribution in [3.05, 3.63) is 83.4 Å². The monoisotopic (exact) mass is 373 g/mol. The van der Waals surface area contributed by atoms with Crippen LogP contribution in [0.2, 0.25) is 0 Å². The maximum atomic E-state index is 12.6. The minimum Gasteiger partial charge on any atom is -0.457 e. The Labute approximate surface area is 163 Å². The van der Waals surface area contributed by atoms with Crippen LogP contribution in [0.5, 0.6) is 11.5 Å². The summed E-state index contributed by atoms with van der Waals surface area (Å²) in [7, 11) is 0. The first-order valence-electron chi connectivity index (χ1n) is 8.67. The van der Waals surface area contributed by atoms with E-state index in [4.69, 9.17) is 9.84 Å². The molecule has 2 aromatic heterocycles. The number of ether oxygens (including phenoxy) is 1. The average molecular weight is 373 g/mol. The second kappa shape index (κ2) is 9.31. The molecule has 1 amide bonds. The van der Waals surface area contributed by atoms with Gasteiger partial charge in [-0.2, -0.15) is 0 Å². The quantitative estimate of drug-likeness (QED) is 0.672. The molecular weight excluding hydrogens is 354 g/mol. The Hall–Kier alpha value is -3.69. The molecule has 3 aromatic rings. The molecule has 0 bridgehead atoms. The van der Waals surface area contributed by atoms with Crippen LogP contribution in [0.25, 0.3) is 0 Å². The third-order valence-corrected chi connectivity index (χ3v) is 3.99. The third kappa shape index (κ3) is 4.93. The van der Waals surface area contributed by atoms with Crippen LogP contribution in [-0.2, 0) is 6.54 Å². The lowest BCUT2D eigenvalue weighted by atomic mass is 10.1. The molecule has 0 fully saturated rings. The van der Waals surface area contributed by atoms with Crippen LogP contribution < -0.4 is 10.1 Å². The molecule has 0 atom stereocenters. The maximum absolute atomic E-state index is 12.6. The number of amides is 1. The lowest BCUT2D eigenvalue weighted by molar-refractivity contribution is 0.0950. The first kappa shape index (κ1) is 19.1. The highest BCUT2D eigenvalue weighted by Crippen LogP contribution is 2.27. The van der Waals surface area contributed by atoms with E-state index in [1.807, 2.05) is 19.1 Å². The Morgan fingerprint density at radius 2 is 2.00 bits per heavy atom. The SMILES string of the molecule is Cc1c(Oc2ccnc(C#CCO)c2)cccc1C(=O)NCc1ccncc1. The third-order valence-electron chi connectivity index (χ3n) is 3.99. The number of nitrogens with one attached hydrogen (secondary N) is 1. The van der Waals surface area contributed by atoms with Gasteiger partial charge >= 0.3 is 0 Å². The number of benzene rings is 1. The number of nitrogens with zero attached hydrogens (tertiary/aromatic N) is 2. The van der Waals surface area contributed by atoms with Crippen molar-refractivity contribution in [2.45, 2.75) is 13.5 Å². The number of aromatic nitrogens is 2. The predicted molar refractivity (Wildman–Crippen MR) is 105 cm³/mol. The Morgan fingerprint density at radius 1 is 1.18 bits per heavy atom. The number of aliphatic hydroxyl groups is 1. The molecule has 140 valence electrons. The normalized spacial score (nSPS) is 9.93. The minimum atomic E-state index is -0.234. The topological polar surface area (TPSA) is 84.3 Å². The van der Waals surface area contributed by atoms with Crippen molar-refractivity contribution in [1.29, 1.82) is 0 Å². The molecule has 0 aliphatic rings. The van der Waals surface area contributed by atoms with Crippen molar-refractivity contribution in [2.75, 3.05) is 6.61 Å². The standard InChI is InChI=1S/C22H19N3O3/c1-16-20(22(27)25-15-17-7-10-23-11-8-17)5-2-6-21(16)28-19-9-12-24-18(14-19)4-3-13-26/h2,5-12,14,26H,13,15H2,1H3,(H,25,27). The second-order valence-electron chi connectivity index (χ2n) is 5.91. The van der Waals surface area contributed by atoms with Crippen LogP contribution in [0.1, 0.15) is 27.2 Å². The van der Waals surface area contributed by atoms with Gasteiger partial charge in [0, 0.05) is 42.3 Å². The summed E-state index contributed by atoms with van der Waals surface area (Å²) in [5, 5.41) is 11.7. The number of aliphatic hydroxyl groups excluding tert-OH is 1. The zero-order valence-electron chi connectivity index (χ0n) is 15.3. The van der Waals surface area contributed by atoms with Gasteiger partial charge in [-0.3, -0.25) is 9.78 Å². The van der Waals surface area contributed by atoms with Gasteiger partial charge in [0.1, 0.15) is 23.8 Å². The van der Waals surface area contributed by atoms with E-state index >= 15 is 0 Å². The molecule has 0 saturated heterocycles.